The predicted octanol–water partition coefficient (Wildman–Crippen LogP) is 8.42. The molecule has 0 spiro atoms. The molecule has 0 bridgehead atoms. The summed E-state index contributed by atoms with van der Waals surface area (Å²) < 4.78 is 12.4. The molecular weight excluding hydrogens is 877 g/mol. The molecule has 2 aromatic carbocycles. The van der Waals surface area contributed by atoms with Crippen molar-refractivity contribution >= 4 is 52.8 Å². The molecule has 1 aliphatic carbocycles. The number of pyridine rings is 1. The number of benzene rings is 2. The molecule has 15 nitrogen and oxygen atoms in total. The fourth-order valence-corrected chi connectivity index (χ4v) is 10.6. The molecule has 3 aliphatic heterocycles. The van der Waals surface area contributed by atoms with Crippen LogP contribution in [0.5, 0.6) is 5.75 Å². The largest absolute Gasteiger partial charge is 0.496 e. The summed E-state index contributed by atoms with van der Waals surface area (Å²) in [5, 5.41) is 15.2. The fraction of sp³-hybridized carbons (Fsp3) is 0.481. The number of methoxy groups -OCH3 is 1. The van der Waals surface area contributed by atoms with Crippen molar-refractivity contribution in [2.45, 2.75) is 97.4 Å². The van der Waals surface area contributed by atoms with Crippen molar-refractivity contribution in [3.63, 3.8) is 0 Å². The summed E-state index contributed by atoms with van der Waals surface area (Å²) in [4.78, 5) is 54.3. The molecule has 3 aromatic heterocycles. The first-order valence-electron chi connectivity index (χ1n) is 24.1. The van der Waals surface area contributed by atoms with Gasteiger partial charge in [-0.1, -0.05) is 69.9 Å². The van der Waals surface area contributed by atoms with Crippen molar-refractivity contribution in [2.24, 2.45) is 11.8 Å². The Labute approximate surface area is 404 Å². The number of imide groups is 1. The number of nitrogens with zero attached hydrogens (tertiary/aromatic N) is 8. The van der Waals surface area contributed by atoms with Gasteiger partial charge in [0.25, 0.3) is 5.82 Å². The van der Waals surface area contributed by atoms with Crippen LogP contribution in [0.4, 0.5) is 5.69 Å². The summed E-state index contributed by atoms with van der Waals surface area (Å²) in [7, 11) is 1.65. The van der Waals surface area contributed by atoms with E-state index in [1.54, 1.807) is 7.11 Å². The van der Waals surface area contributed by atoms with Gasteiger partial charge < -0.3 is 19.1 Å². The van der Waals surface area contributed by atoms with Gasteiger partial charge in [-0.15, -0.1) is 0 Å². The minimum absolute atomic E-state index is 0.0133. The maximum atomic E-state index is 13.3. The zero-order valence-electron chi connectivity index (χ0n) is 40.3. The second kappa shape index (κ2) is 19.5. The summed E-state index contributed by atoms with van der Waals surface area (Å²) in [5.74, 6) is 0.910. The third-order valence-corrected chi connectivity index (χ3v) is 15.1. The van der Waals surface area contributed by atoms with Crippen molar-refractivity contribution in [2.75, 3.05) is 57.8 Å². The van der Waals surface area contributed by atoms with E-state index in [1.165, 1.54) is 22.0 Å². The van der Waals surface area contributed by atoms with Crippen LogP contribution in [-0.2, 0) is 15.0 Å². The number of carbonyl (C=O) groups is 3. The van der Waals surface area contributed by atoms with Crippen LogP contribution in [-0.4, -0.2) is 110 Å². The molecule has 16 heteroatoms. The number of thiol groups is 1. The Kier molecular flexibility index (Phi) is 13.5. The van der Waals surface area contributed by atoms with Gasteiger partial charge in [-0.3, -0.25) is 34.0 Å². The first-order valence-corrected chi connectivity index (χ1v) is 24.5. The highest BCUT2D eigenvalue weighted by Crippen LogP contribution is 2.39. The Morgan fingerprint density at radius 1 is 0.985 bits per heavy atom. The second-order valence-electron chi connectivity index (χ2n) is 20.1. The lowest BCUT2D eigenvalue weighted by atomic mass is 9.86. The zero-order chi connectivity index (χ0) is 47.9. The van der Waals surface area contributed by atoms with E-state index in [1.807, 2.05) is 59.0 Å². The lowest BCUT2D eigenvalue weighted by Gasteiger charge is -2.40. The number of ether oxygens (including phenoxy) is 1. The van der Waals surface area contributed by atoms with E-state index in [0.717, 1.165) is 110 Å². The number of piperidine rings is 2. The van der Waals surface area contributed by atoms with Gasteiger partial charge >= 0.3 is 5.91 Å². The molecule has 9 rings (SSSR count). The number of rotatable bonds is 12. The van der Waals surface area contributed by atoms with Crippen molar-refractivity contribution in [3.8, 4) is 17.0 Å². The molecule has 3 saturated heterocycles. The van der Waals surface area contributed by atoms with Gasteiger partial charge in [-0.05, 0) is 111 Å². The lowest BCUT2D eigenvalue weighted by molar-refractivity contribution is -0.134. The van der Waals surface area contributed by atoms with Crippen LogP contribution >= 0.6 is 12.8 Å². The fourth-order valence-electron chi connectivity index (χ4n) is 10.3. The Morgan fingerprint density at radius 3 is 2.46 bits per heavy atom. The molecule has 68 heavy (non-hydrogen) atoms. The Hall–Kier alpha value is -6.00. The van der Waals surface area contributed by atoms with Crippen molar-refractivity contribution < 1.29 is 23.6 Å². The average molecular weight is 941 g/mol. The van der Waals surface area contributed by atoms with Crippen LogP contribution in [0, 0.1) is 18.8 Å². The SMILES string of the molecule is COc1cc(N2CCC(CCN3CCN(C4=CC=C(c5cnc6n[nH]c(-c7ccc([C@@H](C)N(S)C(=O)c8noc(C(C)(C)C)n8)c(C)c7)c6c5)C(C)C4)CC3)CC2)ccc1C1CCC(=O)NC1=O. The highest BCUT2D eigenvalue weighted by atomic mass is 32.1. The van der Waals surface area contributed by atoms with E-state index in [0.29, 0.717) is 42.0 Å². The van der Waals surface area contributed by atoms with Gasteiger partial charge in [0, 0.05) is 91.3 Å². The number of amides is 3. The first kappa shape index (κ1) is 47.1. The smallest absolute Gasteiger partial charge is 0.305 e. The number of piperazine rings is 1. The van der Waals surface area contributed by atoms with Crippen molar-refractivity contribution in [3.05, 3.63) is 100 Å². The summed E-state index contributed by atoms with van der Waals surface area (Å²) >= 11 is 4.58. The number of carbonyl (C=O) groups excluding carboxylic acids is 3. The number of aryl methyl sites for hydroxylation is 1. The van der Waals surface area contributed by atoms with E-state index in [2.05, 4.69) is 96.5 Å². The topological polar surface area (TPSA) is 166 Å². The number of hydrogen-bond donors (Lipinski definition) is 3. The van der Waals surface area contributed by atoms with Crippen LogP contribution in [0.15, 0.2) is 71.0 Å². The minimum atomic E-state index is -0.424. The normalized spacial score (nSPS) is 20.3. The van der Waals surface area contributed by atoms with Gasteiger partial charge in [0.15, 0.2) is 5.65 Å². The van der Waals surface area contributed by atoms with Gasteiger partial charge in [0.05, 0.1) is 24.8 Å². The summed E-state index contributed by atoms with van der Waals surface area (Å²) in [6.45, 7) is 19.5. The molecule has 0 saturated carbocycles. The molecule has 2 N–H and O–H groups in total. The number of allylic oxidation sites excluding steroid dienone is 4. The Bertz CT molecular complexity index is 2760. The predicted molar refractivity (Wildman–Crippen MR) is 266 cm³/mol. The molecule has 3 atom stereocenters. The molecule has 6 heterocycles. The number of fused-ring (bicyclic) bond motifs is 1. The van der Waals surface area contributed by atoms with Crippen LogP contribution in [0.1, 0.15) is 124 Å². The molecule has 358 valence electrons. The third-order valence-electron chi connectivity index (χ3n) is 14.5. The van der Waals surface area contributed by atoms with Crippen molar-refractivity contribution in [1.29, 1.82) is 0 Å². The van der Waals surface area contributed by atoms with Crippen LogP contribution in [0.3, 0.4) is 0 Å². The molecule has 0 radical (unpaired) electrons. The van der Waals surface area contributed by atoms with E-state index in [4.69, 9.17) is 14.2 Å². The number of aromatic nitrogens is 5. The number of aromatic amines is 1. The van der Waals surface area contributed by atoms with Gasteiger partial charge in [-0.25, -0.2) is 4.98 Å². The molecule has 4 aliphatic rings. The highest BCUT2D eigenvalue weighted by Gasteiger charge is 2.32. The quantitative estimate of drug-likeness (QED) is 0.0809. The molecular formula is C52H64N10O5S. The monoisotopic (exact) mass is 940 g/mol. The third kappa shape index (κ3) is 9.80. The molecule has 3 amide bonds. The van der Waals surface area contributed by atoms with Gasteiger partial charge in [0.1, 0.15) is 5.75 Å². The minimum Gasteiger partial charge on any atom is -0.496 e. The summed E-state index contributed by atoms with van der Waals surface area (Å²) in [5.41, 5.74) is 9.90. The number of hydrogen-bond acceptors (Lipinski definition) is 13. The Balaban J connectivity index is 0.772. The van der Waals surface area contributed by atoms with Gasteiger partial charge in [-0.2, -0.15) is 10.1 Å². The number of H-pyrrole nitrogens is 1. The number of anilines is 1. The second-order valence-corrected chi connectivity index (χ2v) is 20.6. The van der Waals surface area contributed by atoms with Gasteiger partial charge in [0.2, 0.25) is 17.7 Å². The van der Waals surface area contributed by atoms with E-state index in [9.17, 15) is 14.4 Å². The highest BCUT2D eigenvalue weighted by molar-refractivity contribution is 7.78. The lowest BCUT2D eigenvalue weighted by Crippen LogP contribution is -2.46. The average Bonchev–Trinajstić information content (AvgIpc) is 4.02. The molecule has 2 unspecified atom stereocenters. The maximum Gasteiger partial charge on any atom is 0.305 e. The molecule has 5 aromatic rings. The van der Waals surface area contributed by atoms with E-state index in [-0.39, 0.29) is 35.0 Å². The zero-order valence-corrected chi connectivity index (χ0v) is 41.2. The maximum absolute atomic E-state index is 13.3. The van der Waals surface area contributed by atoms with Crippen LogP contribution in [0.2, 0.25) is 0 Å². The van der Waals surface area contributed by atoms with E-state index >= 15 is 0 Å². The Morgan fingerprint density at radius 2 is 1.76 bits per heavy atom. The molecule has 3 fully saturated rings. The summed E-state index contributed by atoms with van der Waals surface area (Å²) in [6.07, 6.45) is 11.9. The number of nitrogens with one attached hydrogen (secondary N) is 2. The first-order chi connectivity index (χ1) is 32.6. The van der Waals surface area contributed by atoms with Crippen LogP contribution < -0.4 is 15.0 Å². The standard InChI is InChI=1S/C52H64N10O5S/c1-31-26-35(8-11-39(31)33(3)62(68)50(65)48-55-51(67-58-48)52(4,5)6)46-43-28-36(30-53-47(43)57-56-46)40-12-9-37(27-32(40)2)61-24-22-59(23-25-61)19-16-34-17-20-60(21-18-34)38-10-13-41(44(29-38)66-7)42-14-15-45(63)54-49(42)64/h8-13,26,28-30,32-34,42,68H,14-25,27H2,1-7H3,(H,53,56,57)(H,54,63,64)/t32?,33-,42?/m1/s1. The van der Waals surface area contributed by atoms with Crippen molar-refractivity contribution in [1.82, 2.24) is 44.7 Å². The van der Waals surface area contributed by atoms with E-state index < -0.39 is 5.91 Å². The summed E-state index contributed by atoms with van der Waals surface area (Å²) in [6, 6.07) is 14.2. The van der Waals surface area contributed by atoms with Crippen LogP contribution in [0.25, 0.3) is 27.9 Å².